The molecule has 142 valence electrons. The summed E-state index contributed by atoms with van der Waals surface area (Å²) in [7, 11) is 0. The molecule has 1 N–H and O–H groups in total. The molecule has 0 aliphatic carbocycles. The van der Waals surface area contributed by atoms with Crippen molar-refractivity contribution >= 4 is 28.4 Å². The number of unbranched alkanes of at least 4 members (excludes halogenated alkanes) is 2. The second-order valence-corrected chi connectivity index (χ2v) is 7.60. The molecule has 0 unspecified atom stereocenters. The summed E-state index contributed by atoms with van der Waals surface area (Å²) in [5.41, 5.74) is 1.13. The molecule has 3 rings (SSSR count). The van der Waals surface area contributed by atoms with Crippen LogP contribution in [0.15, 0.2) is 53.9 Å². The number of fused-ring (bicyclic) bond motifs is 1. The number of nitrogens with one attached hydrogen (secondary N) is 1. The van der Waals surface area contributed by atoms with Crippen molar-refractivity contribution in [3.63, 3.8) is 0 Å². The minimum atomic E-state index is -0.0494. The molecular weight excluding hydrogens is 356 g/mol. The van der Waals surface area contributed by atoms with Crippen LogP contribution in [0.5, 0.6) is 0 Å². The molecule has 1 atom stereocenters. The van der Waals surface area contributed by atoms with Crippen molar-refractivity contribution in [3.8, 4) is 0 Å². The minimum Gasteiger partial charge on any atom is -0.349 e. The molecule has 1 heterocycles. The lowest BCUT2D eigenvalue weighted by molar-refractivity contribution is -0.119. The number of thioether (sulfide) groups is 1. The van der Waals surface area contributed by atoms with E-state index in [0.717, 1.165) is 23.7 Å². The maximum absolute atomic E-state index is 12.4. The Kier molecular flexibility index (Phi) is 6.87. The quantitative estimate of drug-likeness (QED) is 0.434. The van der Waals surface area contributed by atoms with E-state index in [-0.39, 0.29) is 11.9 Å². The predicted octanol–water partition coefficient (Wildman–Crippen LogP) is 4.59. The Hall–Kier alpha value is -2.34. The van der Waals surface area contributed by atoms with Gasteiger partial charge < -0.3 is 9.88 Å². The van der Waals surface area contributed by atoms with Crippen LogP contribution in [0.25, 0.3) is 10.8 Å². The van der Waals surface area contributed by atoms with E-state index in [1.165, 1.54) is 35.4 Å². The van der Waals surface area contributed by atoms with Crippen LogP contribution in [0.2, 0.25) is 0 Å². The summed E-state index contributed by atoms with van der Waals surface area (Å²) in [5.74, 6) is 0.338. The zero-order valence-corrected chi connectivity index (χ0v) is 16.7. The number of aryl methyl sites for hydroxylation is 1. The van der Waals surface area contributed by atoms with Crippen molar-refractivity contribution in [2.45, 2.75) is 50.9 Å². The minimum absolute atomic E-state index is 0.00328. The lowest BCUT2D eigenvalue weighted by Crippen LogP contribution is -2.28. The van der Waals surface area contributed by atoms with E-state index in [9.17, 15) is 4.79 Å². The van der Waals surface area contributed by atoms with Crippen molar-refractivity contribution < 1.29 is 4.79 Å². The van der Waals surface area contributed by atoms with Crippen molar-refractivity contribution in [1.82, 2.24) is 20.1 Å². The van der Waals surface area contributed by atoms with Gasteiger partial charge in [-0.25, -0.2) is 0 Å². The van der Waals surface area contributed by atoms with Gasteiger partial charge in [-0.15, -0.1) is 10.2 Å². The first-order valence-corrected chi connectivity index (χ1v) is 10.4. The van der Waals surface area contributed by atoms with Crippen LogP contribution in [0.1, 0.15) is 44.7 Å². The number of amides is 1. The summed E-state index contributed by atoms with van der Waals surface area (Å²) in [6.45, 7) is 5.11. The average Bonchev–Trinajstić information content (AvgIpc) is 3.13. The number of benzene rings is 2. The zero-order valence-electron chi connectivity index (χ0n) is 15.9. The van der Waals surface area contributed by atoms with Crippen molar-refractivity contribution in [2.75, 3.05) is 5.75 Å². The van der Waals surface area contributed by atoms with E-state index in [0.29, 0.717) is 5.75 Å². The number of hydrogen-bond acceptors (Lipinski definition) is 4. The average molecular weight is 383 g/mol. The molecular formula is C21H26N4OS. The van der Waals surface area contributed by atoms with Crippen LogP contribution in [0.4, 0.5) is 0 Å². The summed E-state index contributed by atoms with van der Waals surface area (Å²) in [6, 6.07) is 14.4. The Labute approximate surface area is 164 Å². The molecule has 0 bridgehead atoms. The number of rotatable bonds is 9. The summed E-state index contributed by atoms with van der Waals surface area (Å²) in [6.07, 6.45) is 5.21. The number of carbonyl (C=O) groups is 1. The van der Waals surface area contributed by atoms with Gasteiger partial charge >= 0.3 is 0 Å². The first-order valence-electron chi connectivity index (χ1n) is 9.46. The molecule has 1 aromatic heterocycles. The van der Waals surface area contributed by atoms with Crippen LogP contribution in [0, 0.1) is 0 Å². The van der Waals surface area contributed by atoms with Gasteiger partial charge in [-0.05, 0) is 29.7 Å². The second-order valence-electron chi connectivity index (χ2n) is 6.66. The zero-order chi connectivity index (χ0) is 19.1. The fraction of sp³-hybridized carbons (Fsp3) is 0.381. The SMILES string of the molecule is CCCCCn1cnnc1SCC(=O)N[C@H](C)c1cccc2ccccc12. The molecule has 0 saturated heterocycles. The second kappa shape index (κ2) is 9.55. The number of carbonyl (C=O) groups excluding carboxylic acids is 1. The van der Waals surface area contributed by atoms with Crippen LogP contribution < -0.4 is 5.32 Å². The molecule has 27 heavy (non-hydrogen) atoms. The van der Waals surface area contributed by atoms with E-state index in [1.807, 2.05) is 29.7 Å². The van der Waals surface area contributed by atoms with Gasteiger partial charge in [-0.1, -0.05) is 74.0 Å². The fourth-order valence-electron chi connectivity index (χ4n) is 3.16. The molecule has 0 radical (unpaired) electrons. The van der Waals surface area contributed by atoms with Gasteiger partial charge in [-0.3, -0.25) is 4.79 Å². The van der Waals surface area contributed by atoms with E-state index < -0.39 is 0 Å². The van der Waals surface area contributed by atoms with Crippen molar-refractivity contribution in [3.05, 3.63) is 54.4 Å². The largest absolute Gasteiger partial charge is 0.349 e. The Bertz CT molecular complexity index is 887. The van der Waals surface area contributed by atoms with E-state index >= 15 is 0 Å². The van der Waals surface area contributed by atoms with Crippen LogP contribution in [-0.2, 0) is 11.3 Å². The highest BCUT2D eigenvalue weighted by atomic mass is 32.2. The highest BCUT2D eigenvalue weighted by Crippen LogP contribution is 2.24. The predicted molar refractivity (Wildman–Crippen MR) is 111 cm³/mol. The standard InChI is InChI=1S/C21H26N4OS/c1-3-4-7-13-25-15-22-24-21(25)27-14-20(26)23-16(2)18-12-8-10-17-9-5-6-11-19(17)18/h5-6,8-12,15-16H,3-4,7,13-14H2,1-2H3,(H,23,26)/t16-/m1/s1. The fourth-order valence-corrected chi connectivity index (χ4v) is 3.91. The molecule has 0 spiro atoms. The molecule has 6 heteroatoms. The van der Waals surface area contributed by atoms with Crippen LogP contribution in [0.3, 0.4) is 0 Å². The first kappa shape index (κ1) is 19.4. The van der Waals surface area contributed by atoms with Gasteiger partial charge in [0.1, 0.15) is 6.33 Å². The number of hydrogen-bond donors (Lipinski definition) is 1. The maximum Gasteiger partial charge on any atom is 0.230 e. The van der Waals surface area contributed by atoms with E-state index in [4.69, 9.17) is 0 Å². The monoisotopic (exact) mass is 382 g/mol. The highest BCUT2D eigenvalue weighted by molar-refractivity contribution is 7.99. The number of nitrogens with zero attached hydrogens (tertiary/aromatic N) is 3. The Balaban J connectivity index is 1.57. The van der Waals surface area contributed by atoms with Gasteiger partial charge in [0, 0.05) is 6.54 Å². The third-order valence-corrected chi connectivity index (χ3v) is 5.56. The highest BCUT2D eigenvalue weighted by Gasteiger charge is 2.14. The van der Waals surface area contributed by atoms with E-state index in [1.54, 1.807) is 6.33 Å². The topological polar surface area (TPSA) is 59.8 Å². The smallest absolute Gasteiger partial charge is 0.230 e. The lowest BCUT2D eigenvalue weighted by atomic mass is 10.00. The molecule has 2 aromatic carbocycles. The Morgan fingerprint density at radius 2 is 2.00 bits per heavy atom. The first-order chi connectivity index (χ1) is 13.2. The summed E-state index contributed by atoms with van der Waals surface area (Å²) >= 11 is 1.44. The Morgan fingerprint density at radius 3 is 2.85 bits per heavy atom. The van der Waals surface area contributed by atoms with Gasteiger partial charge in [0.05, 0.1) is 11.8 Å². The lowest BCUT2D eigenvalue weighted by Gasteiger charge is -2.16. The molecule has 3 aromatic rings. The Morgan fingerprint density at radius 1 is 1.19 bits per heavy atom. The normalized spacial score (nSPS) is 12.2. The molecule has 0 saturated carbocycles. The molecule has 5 nitrogen and oxygen atoms in total. The van der Waals surface area contributed by atoms with Gasteiger partial charge in [-0.2, -0.15) is 0 Å². The molecule has 0 aliphatic rings. The van der Waals surface area contributed by atoms with Crippen molar-refractivity contribution in [1.29, 1.82) is 0 Å². The summed E-state index contributed by atoms with van der Waals surface area (Å²) in [5, 5.41) is 14.4. The molecule has 1 amide bonds. The summed E-state index contributed by atoms with van der Waals surface area (Å²) in [4.78, 5) is 12.4. The molecule has 0 aliphatic heterocycles. The third kappa shape index (κ3) is 5.10. The maximum atomic E-state index is 12.4. The van der Waals surface area contributed by atoms with Crippen LogP contribution >= 0.6 is 11.8 Å². The van der Waals surface area contributed by atoms with Gasteiger partial charge in [0.15, 0.2) is 5.16 Å². The third-order valence-electron chi connectivity index (χ3n) is 4.58. The van der Waals surface area contributed by atoms with Crippen molar-refractivity contribution in [2.24, 2.45) is 0 Å². The van der Waals surface area contributed by atoms with Crippen LogP contribution in [-0.4, -0.2) is 26.4 Å². The molecule has 0 fully saturated rings. The van der Waals surface area contributed by atoms with E-state index in [2.05, 4.69) is 46.7 Å². The van der Waals surface area contributed by atoms with Gasteiger partial charge in [0.2, 0.25) is 5.91 Å². The van der Waals surface area contributed by atoms with Gasteiger partial charge in [0.25, 0.3) is 0 Å². The summed E-state index contributed by atoms with van der Waals surface area (Å²) < 4.78 is 2.03. The number of aromatic nitrogens is 3.